The standard InChI is InChI=1S/C13H15FO/c1-10-7-8-12(14)13(9-10)15-11-5-3-2-4-6-11/h3,5,7-9,11H,2,4,6H2,1H3. The molecule has 0 heterocycles. The van der Waals surface area contributed by atoms with E-state index in [2.05, 4.69) is 6.08 Å². The maximum Gasteiger partial charge on any atom is 0.165 e. The monoisotopic (exact) mass is 206 g/mol. The first-order chi connectivity index (χ1) is 7.25. The van der Waals surface area contributed by atoms with Gasteiger partial charge in [0, 0.05) is 0 Å². The Kier molecular flexibility index (Phi) is 3.05. The molecule has 0 saturated heterocycles. The molecule has 0 radical (unpaired) electrons. The lowest BCUT2D eigenvalue weighted by molar-refractivity contribution is 0.220. The molecular weight excluding hydrogens is 191 g/mol. The number of benzene rings is 1. The average Bonchev–Trinajstić information content (AvgIpc) is 2.25. The zero-order valence-electron chi connectivity index (χ0n) is 8.87. The second kappa shape index (κ2) is 4.47. The third kappa shape index (κ3) is 2.58. The SMILES string of the molecule is Cc1ccc(F)c(OC2C=CCCC2)c1. The van der Waals surface area contributed by atoms with E-state index < -0.39 is 0 Å². The molecule has 1 aliphatic rings. The summed E-state index contributed by atoms with van der Waals surface area (Å²) >= 11 is 0. The molecule has 1 unspecified atom stereocenters. The highest BCUT2D eigenvalue weighted by Gasteiger charge is 2.12. The van der Waals surface area contributed by atoms with Gasteiger partial charge in [-0.05, 0) is 50.0 Å². The Morgan fingerprint density at radius 3 is 3.00 bits per heavy atom. The maximum absolute atomic E-state index is 13.4. The van der Waals surface area contributed by atoms with Crippen molar-refractivity contribution in [3.8, 4) is 5.75 Å². The van der Waals surface area contributed by atoms with Gasteiger partial charge in [-0.15, -0.1) is 0 Å². The molecule has 0 aromatic heterocycles. The molecule has 0 saturated carbocycles. The fraction of sp³-hybridized carbons (Fsp3) is 0.385. The summed E-state index contributed by atoms with van der Waals surface area (Å²) in [6.07, 6.45) is 7.36. The highest BCUT2D eigenvalue weighted by atomic mass is 19.1. The Labute approximate surface area is 89.6 Å². The van der Waals surface area contributed by atoms with Crippen molar-refractivity contribution in [3.05, 3.63) is 41.7 Å². The molecule has 2 rings (SSSR count). The molecule has 0 aliphatic heterocycles. The van der Waals surface area contributed by atoms with Crippen molar-refractivity contribution < 1.29 is 9.13 Å². The van der Waals surface area contributed by atoms with Gasteiger partial charge in [0.15, 0.2) is 11.6 Å². The zero-order valence-corrected chi connectivity index (χ0v) is 8.87. The molecule has 1 aromatic carbocycles. The Morgan fingerprint density at radius 1 is 1.40 bits per heavy atom. The van der Waals surface area contributed by atoms with Gasteiger partial charge < -0.3 is 4.74 Å². The van der Waals surface area contributed by atoms with Gasteiger partial charge in [-0.2, -0.15) is 0 Å². The Bertz CT molecular complexity index is 371. The van der Waals surface area contributed by atoms with E-state index in [-0.39, 0.29) is 11.9 Å². The van der Waals surface area contributed by atoms with Crippen LogP contribution in [0.1, 0.15) is 24.8 Å². The lowest BCUT2D eigenvalue weighted by atomic mass is 10.1. The van der Waals surface area contributed by atoms with Gasteiger partial charge in [0.05, 0.1) is 0 Å². The summed E-state index contributed by atoms with van der Waals surface area (Å²) in [5, 5.41) is 0. The van der Waals surface area contributed by atoms with Crippen LogP contribution in [0, 0.1) is 12.7 Å². The van der Waals surface area contributed by atoms with Crippen molar-refractivity contribution in [2.75, 3.05) is 0 Å². The summed E-state index contributed by atoms with van der Waals surface area (Å²) in [6.45, 7) is 1.93. The van der Waals surface area contributed by atoms with Gasteiger partial charge >= 0.3 is 0 Å². The smallest absolute Gasteiger partial charge is 0.165 e. The molecule has 2 heteroatoms. The Balaban J connectivity index is 2.12. The number of halogens is 1. The Hall–Kier alpha value is -1.31. The topological polar surface area (TPSA) is 9.23 Å². The van der Waals surface area contributed by atoms with Crippen LogP contribution in [0.25, 0.3) is 0 Å². The molecule has 0 N–H and O–H groups in total. The van der Waals surface area contributed by atoms with E-state index in [1.807, 2.05) is 13.0 Å². The van der Waals surface area contributed by atoms with Gasteiger partial charge in [-0.25, -0.2) is 4.39 Å². The number of ether oxygens (including phenoxy) is 1. The number of rotatable bonds is 2. The molecule has 0 amide bonds. The molecule has 0 bridgehead atoms. The van der Waals surface area contributed by atoms with Gasteiger partial charge in [-0.3, -0.25) is 0 Å². The van der Waals surface area contributed by atoms with Crippen LogP contribution in [0.2, 0.25) is 0 Å². The van der Waals surface area contributed by atoms with E-state index in [9.17, 15) is 4.39 Å². The lowest BCUT2D eigenvalue weighted by Gasteiger charge is -2.19. The summed E-state index contributed by atoms with van der Waals surface area (Å²) in [4.78, 5) is 0. The van der Waals surface area contributed by atoms with Crippen LogP contribution < -0.4 is 4.74 Å². The molecule has 0 fully saturated rings. The first-order valence-electron chi connectivity index (χ1n) is 5.35. The van der Waals surface area contributed by atoms with Crippen LogP contribution in [0.3, 0.4) is 0 Å². The second-order valence-electron chi connectivity index (χ2n) is 3.95. The Morgan fingerprint density at radius 2 is 2.27 bits per heavy atom. The number of hydrogen-bond acceptors (Lipinski definition) is 1. The van der Waals surface area contributed by atoms with Crippen molar-refractivity contribution in [2.24, 2.45) is 0 Å². The van der Waals surface area contributed by atoms with Crippen molar-refractivity contribution in [2.45, 2.75) is 32.3 Å². The van der Waals surface area contributed by atoms with Gasteiger partial charge in [0.1, 0.15) is 6.10 Å². The van der Waals surface area contributed by atoms with E-state index in [0.717, 1.165) is 24.8 Å². The zero-order chi connectivity index (χ0) is 10.7. The van der Waals surface area contributed by atoms with E-state index in [1.165, 1.54) is 6.07 Å². The lowest BCUT2D eigenvalue weighted by Crippen LogP contribution is -2.16. The highest BCUT2D eigenvalue weighted by Crippen LogP contribution is 2.23. The molecule has 0 spiro atoms. The normalized spacial score (nSPS) is 20.3. The third-order valence-electron chi connectivity index (χ3n) is 2.58. The van der Waals surface area contributed by atoms with Gasteiger partial charge in [0.2, 0.25) is 0 Å². The minimum absolute atomic E-state index is 0.0371. The van der Waals surface area contributed by atoms with Gasteiger partial charge in [0.25, 0.3) is 0 Å². The van der Waals surface area contributed by atoms with E-state index in [1.54, 1.807) is 12.1 Å². The van der Waals surface area contributed by atoms with E-state index in [4.69, 9.17) is 4.74 Å². The van der Waals surface area contributed by atoms with Crippen LogP contribution in [0.5, 0.6) is 5.75 Å². The summed E-state index contributed by atoms with van der Waals surface area (Å²) in [6, 6.07) is 4.95. The van der Waals surface area contributed by atoms with Crippen molar-refractivity contribution >= 4 is 0 Å². The molecule has 80 valence electrons. The minimum atomic E-state index is -0.278. The molecule has 1 nitrogen and oxygen atoms in total. The fourth-order valence-electron chi connectivity index (χ4n) is 1.74. The van der Waals surface area contributed by atoms with Crippen molar-refractivity contribution in [1.29, 1.82) is 0 Å². The van der Waals surface area contributed by atoms with Crippen LogP contribution in [0.4, 0.5) is 4.39 Å². The molecular formula is C13H15FO. The number of hydrogen-bond donors (Lipinski definition) is 0. The van der Waals surface area contributed by atoms with Gasteiger partial charge in [-0.1, -0.05) is 12.1 Å². The summed E-state index contributed by atoms with van der Waals surface area (Å²) in [5.41, 5.74) is 1.02. The molecule has 1 atom stereocenters. The molecule has 15 heavy (non-hydrogen) atoms. The van der Waals surface area contributed by atoms with Crippen LogP contribution in [-0.2, 0) is 0 Å². The van der Waals surface area contributed by atoms with Crippen LogP contribution in [-0.4, -0.2) is 6.10 Å². The molecule has 1 aliphatic carbocycles. The predicted octanol–water partition coefficient (Wildman–Crippen LogP) is 3.62. The summed E-state index contributed by atoms with van der Waals surface area (Å²) in [5.74, 6) is 0.0890. The second-order valence-corrected chi connectivity index (χ2v) is 3.95. The first-order valence-corrected chi connectivity index (χ1v) is 5.35. The van der Waals surface area contributed by atoms with Crippen LogP contribution >= 0.6 is 0 Å². The quantitative estimate of drug-likeness (QED) is 0.671. The highest BCUT2D eigenvalue weighted by molar-refractivity contribution is 5.30. The first kappa shape index (κ1) is 10.2. The van der Waals surface area contributed by atoms with Crippen molar-refractivity contribution in [1.82, 2.24) is 0 Å². The van der Waals surface area contributed by atoms with Crippen molar-refractivity contribution in [3.63, 3.8) is 0 Å². The average molecular weight is 206 g/mol. The fourth-order valence-corrected chi connectivity index (χ4v) is 1.74. The molecule has 1 aromatic rings. The maximum atomic E-state index is 13.4. The largest absolute Gasteiger partial charge is 0.483 e. The van der Waals surface area contributed by atoms with Crippen LogP contribution in [0.15, 0.2) is 30.4 Å². The minimum Gasteiger partial charge on any atom is -0.483 e. The number of aryl methyl sites for hydroxylation is 1. The summed E-state index contributed by atoms with van der Waals surface area (Å²) < 4.78 is 19.0. The predicted molar refractivity (Wildman–Crippen MR) is 58.5 cm³/mol. The summed E-state index contributed by atoms with van der Waals surface area (Å²) in [7, 11) is 0. The number of allylic oxidation sites excluding steroid dienone is 1. The van der Waals surface area contributed by atoms with E-state index >= 15 is 0 Å². The van der Waals surface area contributed by atoms with E-state index in [0.29, 0.717) is 5.75 Å². The third-order valence-corrected chi connectivity index (χ3v) is 2.58.